The van der Waals surface area contributed by atoms with Crippen LogP contribution in [-0.4, -0.2) is 23.8 Å². The molecule has 1 heterocycles. The van der Waals surface area contributed by atoms with Crippen LogP contribution >= 0.6 is 0 Å². The molecular weight excluding hydrogens is 310 g/mol. The highest BCUT2D eigenvalue weighted by Crippen LogP contribution is 2.19. The molecule has 3 rings (SSSR count). The van der Waals surface area contributed by atoms with Crippen LogP contribution in [0.15, 0.2) is 47.1 Å². The number of carbonyl (C=O) groups is 3. The van der Waals surface area contributed by atoms with Crippen LogP contribution in [0.2, 0.25) is 0 Å². The van der Waals surface area contributed by atoms with Gasteiger partial charge in [-0.3, -0.25) is 9.59 Å². The van der Waals surface area contributed by atoms with Crippen LogP contribution < -0.4 is 5.32 Å². The summed E-state index contributed by atoms with van der Waals surface area (Å²) in [5.74, 6) is -0.714. The van der Waals surface area contributed by atoms with Crippen molar-refractivity contribution in [2.24, 2.45) is 0 Å². The summed E-state index contributed by atoms with van der Waals surface area (Å²) in [5.41, 5.74) is 0.867. The van der Waals surface area contributed by atoms with E-state index in [2.05, 4.69) is 5.32 Å². The van der Waals surface area contributed by atoms with Gasteiger partial charge in [0.15, 0.2) is 17.6 Å². The first-order valence-corrected chi connectivity index (χ1v) is 7.82. The smallest absolute Gasteiger partial charge is 0.338 e. The first-order valence-electron chi connectivity index (χ1n) is 7.82. The third kappa shape index (κ3) is 3.71. The van der Waals surface area contributed by atoms with E-state index in [0.29, 0.717) is 24.1 Å². The van der Waals surface area contributed by atoms with Crippen molar-refractivity contribution in [2.75, 3.05) is 5.32 Å². The number of Topliss-reactive ketones (excluding diaryl/α,β-unsaturated/α-hetero) is 1. The predicted octanol–water partition coefficient (Wildman–Crippen LogP) is 3.20. The van der Waals surface area contributed by atoms with Crippen LogP contribution in [0, 0.1) is 0 Å². The molecule has 1 aliphatic rings. The number of carbonyl (C=O) groups excluding carboxylic acids is 3. The van der Waals surface area contributed by atoms with Crippen LogP contribution in [0.1, 0.15) is 46.6 Å². The van der Waals surface area contributed by atoms with Crippen molar-refractivity contribution in [3.8, 4) is 0 Å². The zero-order chi connectivity index (χ0) is 16.9. The molecule has 0 saturated heterocycles. The number of esters is 1. The fourth-order valence-corrected chi connectivity index (χ4v) is 2.56. The average molecular weight is 327 g/mol. The minimum atomic E-state index is -0.635. The summed E-state index contributed by atoms with van der Waals surface area (Å²) in [4.78, 5) is 35.7. The van der Waals surface area contributed by atoms with E-state index in [1.54, 1.807) is 36.4 Å². The monoisotopic (exact) mass is 327 g/mol. The zero-order valence-electron chi connectivity index (χ0n) is 13.0. The van der Waals surface area contributed by atoms with Crippen LogP contribution in [0.3, 0.4) is 0 Å². The largest absolute Gasteiger partial charge is 0.459 e. The molecule has 2 aromatic rings. The molecule has 1 amide bonds. The van der Waals surface area contributed by atoms with Crippen molar-refractivity contribution >= 4 is 23.3 Å². The number of anilines is 1. The minimum absolute atomic E-state index is 0.0167. The zero-order valence-corrected chi connectivity index (χ0v) is 13.0. The fourth-order valence-electron chi connectivity index (χ4n) is 2.56. The van der Waals surface area contributed by atoms with Crippen LogP contribution in [0.4, 0.5) is 5.69 Å². The Morgan fingerprint density at radius 1 is 1.12 bits per heavy atom. The van der Waals surface area contributed by atoms with Gasteiger partial charge in [-0.05, 0) is 55.7 Å². The van der Waals surface area contributed by atoms with Gasteiger partial charge in [0.2, 0.25) is 0 Å². The van der Waals surface area contributed by atoms with E-state index in [1.807, 2.05) is 0 Å². The highest BCUT2D eigenvalue weighted by Gasteiger charge is 2.26. The predicted molar refractivity (Wildman–Crippen MR) is 85.8 cm³/mol. The van der Waals surface area contributed by atoms with Crippen molar-refractivity contribution in [1.29, 1.82) is 0 Å². The summed E-state index contributed by atoms with van der Waals surface area (Å²) >= 11 is 0. The molecule has 1 saturated carbocycles. The average Bonchev–Trinajstić information content (AvgIpc) is 3.12. The van der Waals surface area contributed by atoms with Crippen LogP contribution in [-0.2, 0) is 9.53 Å². The summed E-state index contributed by atoms with van der Waals surface area (Å²) in [5, 5.41) is 2.66. The normalized spacial score (nSPS) is 17.3. The Kier molecular flexibility index (Phi) is 4.74. The van der Waals surface area contributed by atoms with E-state index in [1.165, 1.54) is 6.26 Å². The van der Waals surface area contributed by atoms with E-state index >= 15 is 0 Å². The number of rotatable bonds is 4. The number of nitrogens with one attached hydrogen (secondary N) is 1. The molecular formula is C18H17NO5. The number of ether oxygens (including phenoxy) is 1. The van der Waals surface area contributed by atoms with Gasteiger partial charge in [0, 0.05) is 12.1 Å². The molecule has 1 atom stereocenters. The van der Waals surface area contributed by atoms with E-state index < -0.39 is 12.1 Å². The van der Waals surface area contributed by atoms with Gasteiger partial charge >= 0.3 is 5.97 Å². The van der Waals surface area contributed by atoms with Gasteiger partial charge in [-0.15, -0.1) is 0 Å². The van der Waals surface area contributed by atoms with Gasteiger partial charge in [0.05, 0.1) is 11.8 Å². The summed E-state index contributed by atoms with van der Waals surface area (Å²) in [7, 11) is 0. The molecule has 1 N–H and O–H groups in total. The summed E-state index contributed by atoms with van der Waals surface area (Å²) in [6.45, 7) is 0. The van der Waals surface area contributed by atoms with Gasteiger partial charge in [-0.2, -0.15) is 0 Å². The molecule has 124 valence electrons. The molecule has 6 heteroatoms. The third-order valence-electron chi connectivity index (χ3n) is 3.87. The number of ketones is 1. The molecule has 1 aromatic carbocycles. The summed E-state index contributed by atoms with van der Waals surface area (Å²) < 4.78 is 10.3. The Morgan fingerprint density at radius 3 is 2.58 bits per heavy atom. The Hall–Kier alpha value is -2.89. The van der Waals surface area contributed by atoms with E-state index in [0.717, 1.165) is 12.8 Å². The van der Waals surface area contributed by atoms with Crippen molar-refractivity contribution in [3.63, 3.8) is 0 Å². The SMILES string of the molecule is O=C(O[C@H]1CCCCC1=O)c1ccc(NC(=O)c2ccco2)cc1. The molecule has 24 heavy (non-hydrogen) atoms. The second-order valence-corrected chi connectivity index (χ2v) is 5.61. The van der Waals surface area contributed by atoms with Crippen molar-refractivity contribution in [3.05, 3.63) is 54.0 Å². The topological polar surface area (TPSA) is 85.6 Å². The Morgan fingerprint density at radius 2 is 1.92 bits per heavy atom. The van der Waals surface area contributed by atoms with E-state index in [-0.39, 0.29) is 17.5 Å². The molecule has 6 nitrogen and oxygen atoms in total. The maximum absolute atomic E-state index is 12.1. The number of furan rings is 1. The lowest BCUT2D eigenvalue weighted by molar-refractivity contribution is -0.129. The Balaban J connectivity index is 1.60. The van der Waals surface area contributed by atoms with Gasteiger partial charge in [0.1, 0.15) is 0 Å². The second kappa shape index (κ2) is 7.12. The first kappa shape index (κ1) is 16.0. The first-order chi connectivity index (χ1) is 11.6. The number of amides is 1. The van der Waals surface area contributed by atoms with Gasteiger partial charge < -0.3 is 14.5 Å². The highest BCUT2D eigenvalue weighted by molar-refractivity contribution is 6.02. The van der Waals surface area contributed by atoms with Gasteiger partial charge in [0.25, 0.3) is 5.91 Å². The standard InChI is InChI=1S/C18H17NO5/c20-14-4-1-2-5-15(14)24-18(22)12-7-9-13(10-8-12)19-17(21)16-6-3-11-23-16/h3,6-11,15H,1-2,4-5H2,(H,19,21)/t15-/m0/s1. The minimum Gasteiger partial charge on any atom is -0.459 e. The quantitative estimate of drug-likeness (QED) is 0.872. The Labute approximate surface area is 138 Å². The van der Waals surface area contributed by atoms with E-state index in [4.69, 9.17) is 9.15 Å². The summed E-state index contributed by atoms with van der Waals surface area (Å²) in [6.07, 6.45) is 3.58. The fraction of sp³-hybridized carbons (Fsp3) is 0.278. The highest BCUT2D eigenvalue weighted by atomic mass is 16.5. The van der Waals surface area contributed by atoms with E-state index in [9.17, 15) is 14.4 Å². The number of benzene rings is 1. The van der Waals surface area contributed by atoms with Crippen LogP contribution in [0.25, 0.3) is 0 Å². The molecule has 0 spiro atoms. The number of hydrogen-bond acceptors (Lipinski definition) is 5. The van der Waals surface area contributed by atoms with Crippen molar-refractivity contribution < 1.29 is 23.5 Å². The maximum atomic E-state index is 12.1. The van der Waals surface area contributed by atoms with Gasteiger partial charge in [-0.25, -0.2) is 4.79 Å². The maximum Gasteiger partial charge on any atom is 0.338 e. The molecule has 0 bridgehead atoms. The Bertz CT molecular complexity index is 733. The lowest BCUT2D eigenvalue weighted by Gasteiger charge is -2.20. The lowest BCUT2D eigenvalue weighted by atomic mass is 9.96. The van der Waals surface area contributed by atoms with Crippen molar-refractivity contribution in [2.45, 2.75) is 31.8 Å². The molecule has 0 aliphatic heterocycles. The number of hydrogen-bond donors (Lipinski definition) is 1. The molecule has 0 unspecified atom stereocenters. The lowest BCUT2D eigenvalue weighted by Crippen LogP contribution is -2.30. The molecule has 1 aromatic heterocycles. The van der Waals surface area contributed by atoms with Crippen LogP contribution in [0.5, 0.6) is 0 Å². The third-order valence-corrected chi connectivity index (χ3v) is 3.87. The molecule has 1 fully saturated rings. The van der Waals surface area contributed by atoms with Crippen molar-refractivity contribution in [1.82, 2.24) is 0 Å². The molecule has 1 aliphatic carbocycles. The molecule has 0 radical (unpaired) electrons. The van der Waals surface area contributed by atoms with Gasteiger partial charge in [-0.1, -0.05) is 0 Å². The second-order valence-electron chi connectivity index (χ2n) is 5.61. The summed E-state index contributed by atoms with van der Waals surface area (Å²) in [6, 6.07) is 9.48.